The van der Waals surface area contributed by atoms with Crippen molar-refractivity contribution < 1.29 is 23.8 Å². The fourth-order valence-corrected chi connectivity index (χ4v) is 4.06. The van der Waals surface area contributed by atoms with E-state index in [4.69, 9.17) is 37.4 Å². The van der Waals surface area contributed by atoms with E-state index in [0.29, 0.717) is 28.7 Å². The minimum atomic E-state index is -0.779. The number of halogens is 2. The monoisotopic (exact) mass is 550 g/mol. The van der Waals surface area contributed by atoms with Gasteiger partial charge in [-0.05, 0) is 67.3 Å². The number of carbonyl (C=O) groups is 2. The average Bonchev–Trinajstić information content (AvgIpc) is 2.90. The van der Waals surface area contributed by atoms with Crippen LogP contribution < -0.4 is 19.6 Å². The molecule has 0 aliphatic rings. The summed E-state index contributed by atoms with van der Waals surface area (Å²) < 4.78 is 17.0. The van der Waals surface area contributed by atoms with Gasteiger partial charge in [0.2, 0.25) is 0 Å². The van der Waals surface area contributed by atoms with Gasteiger partial charge in [-0.25, -0.2) is 10.2 Å². The Balaban J connectivity index is 1.41. The largest absolute Gasteiger partial charge is 0.490 e. The first-order valence-corrected chi connectivity index (χ1v) is 12.5. The Bertz CT molecular complexity index is 1500. The number of rotatable bonds is 9. The molecule has 9 heteroatoms. The molecule has 0 heterocycles. The smallest absolute Gasteiger partial charge is 0.345 e. The van der Waals surface area contributed by atoms with Gasteiger partial charge in [0.05, 0.1) is 23.4 Å². The Morgan fingerprint density at radius 3 is 2.53 bits per heavy atom. The third-order valence-corrected chi connectivity index (χ3v) is 5.98. The van der Waals surface area contributed by atoms with E-state index in [-0.39, 0.29) is 16.3 Å². The fourth-order valence-electron chi connectivity index (χ4n) is 3.57. The molecule has 4 rings (SSSR count). The lowest BCUT2D eigenvalue weighted by molar-refractivity contribution is -0.127. The van der Waals surface area contributed by atoms with Crippen molar-refractivity contribution in [3.8, 4) is 17.2 Å². The van der Waals surface area contributed by atoms with Crippen molar-refractivity contribution in [1.82, 2.24) is 5.43 Å². The molecule has 0 aromatic heterocycles. The van der Waals surface area contributed by atoms with E-state index in [2.05, 4.69) is 10.5 Å². The van der Waals surface area contributed by atoms with Gasteiger partial charge in [0.1, 0.15) is 5.75 Å². The van der Waals surface area contributed by atoms with Crippen LogP contribution >= 0.6 is 23.2 Å². The molecule has 0 unspecified atom stereocenters. The molecule has 0 saturated carbocycles. The summed E-state index contributed by atoms with van der Waals surface area (Å²) in [6.45, 7) is 3.79. The van der Waals surface area contributed by atoms with Crippen LogP contribution in [0.4, 0.5) is 0 Å². The van der Waals surface area contributed by atoms with Gasteiger partial charge < -0.3 is 14.2 Å². The molecule has 1 amide bonds. The number of amides is 1. The highest BCUT2D eigenvalue weighted by Gasteiger charge is 2.17. The van der Waals surface area contributed by atoms with Gasteiger partial charge in [-0.1, -0.05) is 59.6 Å². The normalized spacial score (nSPS) is 11.8. The molecule has 0 aliphatic heterocycles. The number of carbonyl (C=O) groups excluding carboxylic acids is 2. The summed E-state index contributed by atoms with van der Waals surface area (Å²) in [6, 6.07) is 22.8. The maximum Gasteiger partial charge on any atom is 0.345 e. The maximum absolute atomic E-state index is 12.6. The molecule has 7 nitrogen and oxygen atoms in total. The van der Waals surface area contributed by atoms with Crippen LogP contribution in [0.5, 0.6) is 17.2 Å². The minimum absolute atomic E-state index is 0.173. The Morgan fingerprint density at radius 1 is 0.947 bits per heavy atom. The van der Waals surface area contributed by atoms with Crippen molar-refractivity contribution >= 4 is 52.1 Å². The predicted octanol–water partition coefficient (Wildman–Crippen LogP) is 6.68. The SMILES string of the molecule is CCOc1cc(/C=N\NC(=O)[C@H](C)Oc2cccc3ccccc23)ccc1OC(=O)c1ccc(Cl)cc1Cl. The summed E-state index contributed by atoms with van der Waals surface area (Å²) in [5.41, 5.74) is 3.27. The topological polar surface area (TPSA) is 86.2 Å². The van der Waals surface area contributed by atoms with Gasteiger partial charge in [0.15, 0.2) is 17.6 Å². The lowest BCUT2D eigenvalue weighted by atomic mass is 10.1. The number of esters is 1. The zero-order chi connectivity index (χ0) is 27.1. The lowest BCUT2D eigenvalue weighted by Gasteiger charge is -2.15. The first kappa shape index (κ1) is 27.0. The van der Waals surface area contributed by atoms with E-state index in [0.717, 1.165) is 10.8 Å². The van der Waals surface area contributed by atoms with Gasteiger partial charge in [-0.2, -0.15) is 5.10 Å². The molecule has 4 aromatic rings. The summed E-state index contributed by atoms with van der Waals surface area (Å²) in [4.78, 5) is 25.2. The average molecular weight is 551 g/mol. The number of hydrazone groups is 1. The van der Waals surface area contributed by atoms with Gasteiger partial charge >= 0.3 is 5.97 Å². The highest BCUT2D eigenvalue weighted by molar-refractivity contribution is 6.36. The molecule has 0 bridgehead atoms. The standard InChI is InChI=1S/C29H24Cl2N2O5/c1-3-36-27-15-19(11-14-26(27)38-29(35)23-13-12-21(30)16-24(23)31)17-32-33-28(34)18(2)37-25-10-6-8-20-7-4-5-9-22(20)25/h4-18H,3H2,1-2H3,(H,33,34)/b32-17-/t18-/m0/s1. The molecule has 0 radical (unpaired) electrons. The molecule has 4 aromatic carbocycles. The molecule has 0 fully saturated rings. The van der Waals surface area contributed by atoms with Crippen molar-refractivity contribution in [3.05, 3.63) is 100 Å². The molecule has 0 aliphatic carbocycles. The fraction of sp³-hybridized carbons (Fsp3) is 0.138. The van der Waals surface area contributed by atoms with E-state index >= 15 is 0 Å². The Kier molecular flexibility index (Phi) is 8.84. The molecule has 1 atom stereocenters. The zero-order valence-corrected chi connectivity index (χ0v) is 22.1. The maximum atomic E-state index is 12.6. The molecule has 0 spiro atoms. The van der Waals surface area contributed by atoms with E-state index in [1.165, 1.54) is 18.3 Å². The second-order valence-electron chi connectivity index (χ2n) is 8.12. The molecule has 38 heavy (non-hydrogen) atoms. The van der Waals surface area contributed by atoms with E-state index in [1.54, 1.807) is 38.1 Å². The van der Waals surface area contributed by atoms with Crippen molar-refractivity contribution in [3.63, 3.8) is 0 Å². The third-order valence-electron chi connectivity index (χ3n) is 5.43. The van der Waals surface area contributed by atoms with Crippen LogP contribution in [0, 0.1) is 0 Å². The molecule has 1 N–H and O–H groups in total. The van der Waals surface area contributed by atoms with Crippen molar-refractivity contribution in [1.29, 1.82) is 0 Å². The number of ether oxygens (including phenoxy) is 3. The van der Waals surface area contributed by atoms with Crippen LogP contribution in [0.1, 0.15) is 29.8 Å². The molecule has 194 valence electrons. The van der Waals surface area contributed by atoms with Gasteiger partial charge in [0, 0.05) is 10.4 Å². The van der Waals surface area contributed by atoms with E-state index in [1.807, 2.05) is 42.5 Å². The Hall–Kier alpha value is -4.07. The van der Waals surface area contributed by atoms with Crippen LogP contribution in [-0.4, -0.2) is 30.8 Å². The number of benzene rings is 4. The minimum Gasteiger partial charge on any atom is -0.490 e. The summed E-state index contributed by atoms with van der Waals surface area (Å²) in [5, 5.41) is 6.55. The summed E-state index contributed by atoms with van der Waals surface area (Å²) in [7, 11) is 0. The second-order valence-corrected chi connectivity index (χ2v) is 8.97. The number of nitrogens with zero attached hydrogens (tertiary/aromatic N) is 1. The van der Waals surface area contributed by atoms with Crippen LogP contribution in [0.2, 0.25) is 10.0 Å². The number of hydrogen-bond donors (Lipinski definition) is 1. The molecular weight excluding hydrogens is 527 g/mol. The van der Waals surface area contributed by atoms with Gasteiger partial charge in [0.25, 0.3) is 5.91 Å². The van der Waals surface area contributed by atoms with Crippen LogP contribution in [0.15, 0.2) is 84.0 Å². The van der Waals surface area contributed by atoms with Crippen LogP contribution in [-0.2, 0) is 4.79 Å². The van der Waals surface area contributed by atoms with E-state index < -0.39 is 18.0 Å². The Morgan fingerprint density at radius 2 is 1.74 bits per heavy atom. The number of hydrogen-bond acceptors (Lipinski definition) is 6. The first-order valence-electron chi connectivity index (χ1n) is 11.8. The highest BCUT2D eigenvalue weighted by atomic mass is 35.5. The number of fused-ring (bicyclic) bond motifs is 1. The zero-order valence-electron chi connectivity index (χ0n) is 20.6. The summed E-state index contributed by atoms with van der Waals surface area (Å²) in [5.74, 6) is 0.0854. The summed E-state index contributed by atoms with van der Waals surface area (Å²) in [6.07, 6.45) is 0.672. The second kappa shape index (κ2) is 12.4. The third kappa shape index (κ3) is 6.62. The van der Waals surface area contributed by atoms with E-state index in [9.17, 15) is 9.59 Å². The van der Waals surface area contributed by atoms with Crippen LogP contribution in [0.3, 0.4) is 0 Å². The van der Waals surface area contributed by atoms with Gasteiger partial charge in [-0.15, -0.1) is 0 Å². The lowest BCUT2D eigenvalue weighted by Crippen LogP contribution is -2.33. The van der Waals surface area contributed by atoms with Crippen molar-refractivity contribution in [2.75, 3.05) is 6.61 Å². The predicted molar refractivity (Wildman–Crippen MR) is 149 cm³/mol. The van der Waals surface area contributed by atoms with Crippen molar-refractivity contribution in [2.45, 2.75) is 20.0 Å². The van der Waals surface area contributed by atoms with Crippen LogP contribution in [0.25, 0.3) is 10.8 Å². The van der Waals surface area contributed by atoms with Gasteiger partial charge in [-0.3, -0.25) is 4.79 Å². The highest BCUT2D eigenvalue weighted by Crippen LogP contribution is 2.30. The molecular formula is C29H24Cl2N2O5. The quantitative estimate of drug-likeness (QED) is 0.109. The first-order chi connectivity index (χ1) is 18.4. The summed E-state index contributed by atoms with van der Waals surface area (Å²) >= 11 is 12.0. The van der Waals surface area contributed by atoms with Crippen molar-refractivity contribution in [2.24, 2.45) is 5.10 Å². The number of nitrogens with one attached hydrogen (secondary N) is 1. The molecule has 0 saturated heterocycles. The Labute approximate surface area is 229 Å².